The van der Waals surface area contributed by atoms with Gasteiger partial charge in [0, 0.05) is 17.5 Å². The van der Waals surface area contributed by atoms with E-state index in [0.717, 1.165) is 29.8 Å². The number of anilines is 2. The van der Waals surface area contributed by atoms with Crippen LogP contribution in [0.4, 0.5) is 10.1 Å². The van der Waals surface area contributed by atoms with E-state index >= 15 is 0 Å². The highest BCUT2D eigenvalue weighted by Crippen LogP contribution is 2.33. The molecule has 1 fully saturated rings. The Hall–Kier alpha value is -2.58. The van der Waals surface area contributed by atoms with Gasteiger partial charge in [0.15, 0.2) is 5.13 Å². The quantitative estimate of drug-likeness (QED) is 0.691. The zero-order valence-corrected chi connectivity index (χ0v) is 15.6. The van der Waals surface area contributed by atoms with Crippen molar-refractivity contribution < 1.29 is 9.59 Å². The molecule has 1 saturated carbocycles. The van der Waals surface area contributed by atoms with Gasteiger partial charge >= 0.3 is 0 Å². The summed E-state index contributed by atoms with van der Waals surface area (Å²) in [5.74, 6) is -0.0468. The van der Waals surface area contributed by atoms with Crippen molar-refractivity contribution in [1.29, 1.82) is 0 Å². The molecule has 0 unspecified atom stereocenters. The van der Waals surface area contributed by atoms with Crippen molar-refractivity contribution in [1.82, 2.24) is 9.97 Å². The van der Waals surface area contributed by atoms with Gasteiger partial charge in [-0.3, -0.25) is 19.9 Å². The van der Waals surface area contributed by atoms with Crippen molar-refractivity contribution in [2.45, 2.75) is 19.8 Å². The average molecular weight is 384 g/mol. The first-order chi connectivity index (χ1) is 12.6. The molecule has 6 nitrogen and oxygen atoms in total. The number of hydrogen-bond donors (Lipinski definition) is 2. The van der Waals surface area contributed by atoms with Gasteiger partial charge in [0.05, 0.1) is 15.6 Å². The lowest BCUT2D eigenvalue weighted by Gasteiger charge is -2.00. The number of nitrogens with one attached hydrogen (secondary N) is 2. The fourth-order valence-corrected chi connectivity index (χ4v) is 4.13. The van der Waals surface area contributed by atoms with E-state index in [9.17, 15) is 9.59 Å². The van der Waals surface area contributed by atoms with Crippen LogP contribution in [0.3, 0.4) is 0 Å². The van der Waals surface area contributed by atoms with Crippen molar-refractivity contribution in [3.05, 3.63) is 46.3 Å². The summed E-state index contributed by atoms with van der Waals surface area (Å²) < 4.78 is 0. The summed E-state index contributed by atoms with van der Waals surface area (Å²) in [6.45, 7) is 1.86. The normalized spacial score (nSPS) is 13.4. The first-order valence-electron chi connectivity index (χ1n) is 8.20. The van der Waals surface area contributed by atoms with Gasteiger partial charge in [0.2, 0.25) is 5.91 Å². The number of carbonyl (C=O) groups excluding carboxylic acids is 2. The molecule has 3 heterocycles. The second-order valence-corrected chi connectivity index (χ2v) is 8.00. The third kappa shape index (κ3) is 3.66. The molecule has 4 rings (SSSR count). The summed E-state index contributed by atoms with van der Waals surface area (Å²) in [5.41, 5.74) is 2.33. The van der Waals surface area contributed by atoms with Crippen LogP contribution in [-0.2, 0) is 4.79 Å². The average Bonchev–Trinajstić information content (AvgIpc) is 3.29. The van der Waals surface area contributed by atoms with Crippen molar-refractivity contribution in [2.75, 3.05) is 10.6 Å². The van der Waals surface area contributed by atoms with E-state index in [0.29, 0.717) is 15.0 Å². The van der Waals surface area contributed by atoms with Crippen LogP contribution in [0.2, 0.25) is 0 Å². The van der Waals surface area contributed by atoms with Gasteiger partial charge < -0.3 is 5.32 Å². The Morgan fingerprint density at radius 1 is 1.19 bits per heavy atom. The lowest BCUT2D eigenvalue weighted by Crippen LogP contribution is -2.12. The number of aromatic nitrogens is 2. The number of aryl methyl sites for hydroxylation is 1. The summed E-state index contributed by atoms with van der Waals surface area (Å²) in [4.78, 5) is 33.7. The monoisotopic (exact) mass is 384 g/mol. The molecule has 0 aliphatic heterocycles. The van der Waals surface area contributed by atoms with Crippen LogP contribution in [0.5, 0.6) is 0 Å². The van der Waals surface area contributed by atoms with E-state index in [1.165, 1.54) is 22.7 Å². The third-order valence-electron chi connectivity index (χ3n) is 3.97. The number of hydrogen-bond acceptors (Lipinski definition) is 6. The predicted molar refractivity (Wildman–Crippen MR) is 104 cm³/mol. The van der Waals surface area contributed by atoms with Crippen LogP contribution in [0.15, 0.2) is 35.8 Å². The number of rotatable bonds is 5. The fraction of sp³-hybridized carbons (Fsp3) is 0.222. The number of amides is 2. The Kier molecular flexibility index (Phi) is 4.52. The lowest BCUT2D eigenvalue weighted by molar-refractivity contribution is -0.117. The Balaban J connectivity index is 1.46. The SMILES string of the molecule is Cc1cc(NC(=O)C2CC2)sc1C(=O)Nc1nc(-c2ccccn2)cs1. The van der Waals surface area contributed by atoms with E-state index in [2.05, 4.69) is 20.6 Å². The van der Waals surface area contributed by atoms with Gasteiger partial charge in [-0.05, 0) is 43.5 Å². The largest absolute Gasteiger partial charge is 0.317 e. The molecule has 0 bridgehead atoms. The van der Waals surface area contributed by atoms with Gasteiger partial charge in [-0.2, -0.15) is 0 Å². The van der Waals surface area contributed by atoms with Gasteiger partial charge in [0.25, 0.3) is 5.91 Å². The van der Waals surface area contributed by atoms with Crippen LogP contribution in [0.25, 0.3) is 11.4 Å². The molecule has 1 aliphatic carbocycles. The maximum absolute atomic E-state index is 12.6. The molecule has 3 aromatic heterocycles. The second kappa shape index (κ2) is 6.97. The minimum Gasteiger partial charge on any atom is -0.317 e. The second-order valence-electron chi connectivity index (χ2n) is 6.09. The smallest absolute Gasteiger partial charge is 0.267 e. The molecule has 2 amide bonds. The van der Waals surface area contributed by atoms with E-state index in [-0.39, 0.29) is 17.7 Å². The fourth-order valence-electron chi connectivity index (χ4n) is 2.46. The molecule has 0 aromatic carbocycles. The van der Waals surface area contributed by atoms with Crippen LogP contribution in [0, 0.1) is 12.8 Å². The minimum absolute atomic E-state index is 0.0399. The van der Waals surface area contributed by atoms with Gasteiger partial charge in [-0.25, -0.2) is 4.98 Å². The van der Waals surface area contributed by atoms with Crippen molar-refractivity contribution in [3.8, 4) is 11.4 Å². The number of carbonyl (C=O) groups is 2. The van der Waals surface area contributed by atoms with E-state index in [1.54, 1.807) is 6.20 Å². The summed E-state index contributed by atoms with van der Waals surface area (Å²) in [6.07, 6.45) is 3.61. The molecule has 1 aliphatic rings. The lowest BCUT2D eigenvalue weighted by atomic mass is 10.3. The van der Waals surface area contributed by atoms with Crippen LogP contribution in [-0.4, -0.2) is 21.8 Å². The molecule has 2 N–H and O–H groups in total. The highest BCUT2D eigenvalue weighted by molar-refractivity contribution is 7.18. The summed E-state index contributed by atoms with van der Waals surface area (Å²) in [5, 5.41) is 8.81. The number of thiazole rings is 1. The van der Waals surface area contributed by atoms with Gasteiger partial charge in [-0.1, -0.05) is 6.07 Å². The molecule has 132 valence electrons. The number of thiophene rings is 1. The first kappa shape index (κ1) is 16.9. The Morgan fingerprint density at radius 3 is 2.77 bits per heavy atom. The molecule has 0 spiro atoms. The zero-order valence-electron chi connectivity index (χ0n) is 14.0. The molecule has 26 heavy (non-hydrogen) atoms. The molecular weight excluding hydrogens is 368 g/mol. The number of nitrogens with zero attached hydrogens (tertiary/aromatic N) is 2. The van der Waals surface area contributed by atoms with Crippen LogP contribution in [0.1, 0.15) is 28.1 Å². The predicted octanol–water partition coefficient (Wildman–Crippen LogP) is 4.18. The molecule has 0 atom stereocenters. The summed E-state index contributed by atoms with van der Waals surface area (Å²) >= 11 is 2.64. The van der Waals surface area contributed by atoms with Gasteiger partial charge in [0.1, 0.15) is 5.69 Å². The highest BCUT2D eigenvalue weighted by atomic mass is 32.1. The Bertz CT molecular complexity index is 961. The molecular formula is C18H16N4O2S2. The molecule has 8 heteroatoms. The Morgan fingerprint density at radius 2 is 2.04 bits per heavy atom. The van der Waals surface area contributed by atoms with Crippen molar-refractivity contribution in [2.24, 2.45) is 5.92 Å². The standard InChI is InChI=1S/C18H16N4O2S2/c1-10-8-14(21-16(23)11-5-6-11)26-15(10)17(24)22-18-20-13(9-25-18)12-4-2-3-7-19-12/h2-4,7-9,11H,5-6H2,1H3,(H,21,23)(H,20,22,24). The van der Waals surface area contributed by atoms with E-state index < -0.39 is 0 Å². The van der Waals surface area contributed by atoms with E-state index in [4.69, 9.17) is 0 Å². The Labute approximate surface area is 158 Å². The molecule has 0 radical (unpaired) electrons. The van der Waals surface area contributed by atoms with Crippen molar-refractivity contribution >= 4 is 44.6 Å². The topological polar surface area (TPSA) is 84.0 Å². The van der Waals surface area contributed by atoms with Crippen molar-refractivity contribution in [3.63, 3.8) is 0 Å². The molecule has 0 saturated heterocycles. The van der Waals surface area contributed by atoms with Gasteiger partial charge in [-0.15, -0.1) is 22.7 Å². The number of pyridine rings is 1. The van der Waals surface area contributed by atoms with Crippen LogP contribution < -0.4 is 10.6 Å². The first-order valence-corrected chi connectivity index (χ1v) is 9.89. The minimum atomic E-state index is -0.221. The summed E-state index contributed by atoms with van der Waals surface area (Å²) in [7, 11) is 0. The maximum atomic E-state index is 12.6. The van der Waals surface area contributed by atoms with E-state index in [1.807, 2.05) is 36.6 Å². The molecule has 3 aromatic rings. The third-order valence-corrected chi connectivity index (χ3v) is 5.88. The van der Waals surface area contributed by atoms with Crippen LogP contribution >= 0.6 is 22.7 Å². The summed E-state index contributed by atoms with van der Waals surface area (Å²) in [6, 6.07) is 7.45. The zero-order chi connectivity index (χ0) is 18.1. The highest BCUT2D eigenvalue weighted by Gasteiger charge is 2.30. The maximum Gasteiger partial charge on any atom is 0.267 e.